The van der Waals surface area contributed by atoms with Crippen LogP contribution in [0.2, 0.25) is 0 Å². The first-order chi connectivity index (χ1) is 5.84. The van der Waals surface area contributed by atoms with Gasteiger partial charge >= 0.3 is 0 Å². The summed E-state index contributed by atoms with van der Waals surface area (Å²) in [6.07, 6.45) is 6.18. The Labute approximate surface area is 74.1 Å². The van der Waals surface area contributed by atoms with Gasteiger partial charge < -0.3 is 0 Å². The molecule has 4 aliphatic rings. The minimum Gasteiger partial charge on any atom is -0.293 e. The van der Waals surface area contributed by atoms with Gasteiger partial charge in [-0.1, -0.05) is 6.92 Å². The summed E-state index contributed by atoms with van der Waals surface area (Å²) < 4.78 is 0. The van der Waals surface area contributed by atoms with Crippen LogP contribution in [0, 0.1) is 17.8 Å². The number of fused-ring (bicyclic) bond motifs is 2. The highest BCUT2D eigenvalue weighted by Crippen LogP contribution is 2.69. The minimum absolute atomic E-state index is 0.803. The molecule has 0 amide bonds. The molecule has 2 saturated carbocycles. The van der Waals surface area contributed by atoms with E-state index in [4.69, 9.17) is 0 Å². The number of piperidine rings is 1. The summed E-state index contributed by atoms with van der Waals surface area (Å²) in [4.78, 5) is 2.88. The van der Waals surface area contributed by atoms with Crippen molar-refractivity contribution in [3.63, 3.8) is 0 Å². The van der Waals surface area contributed by atoms with Gasteiger partial charge in [-0.05, 0) is 50.0 Å². The first-order valence-corrected chi connectivity index (χ1v) is 5.61. The van der Waals surface area contributed by atoms with E-state index in [1.807, 2.05) is 0 Å². The lowest BCUT2D eigenvalue weighted by Crippen LogP contribution is -2.81. The van der Waals surface area contributed by atoms with E-state index in [0.717, 1.165) is 29.3 Å². The summed E-state index contributed by atoms with van der Waals surface area (Å²) in [6, 6.07) is 1.04. The maximum atomic E-state index is 2.88. The Kier molecular flexibility index (Phi) is 0.863. The minimum atomic E-state index is 0.803. The predicted molar refractivity (Wildman–Crippen MR) is 47.8 cm³/mol. The molecule has 0 bridgehead atoms. The number of hydrogen-bond acceptors (Lipinski definition) is 1. The van der Waals surface area contributed by atoms with Gasteiger partial charge in [-0.15, -0.1) is 0 Å². The van der Waals surface area contributed by atoms with Crippen molar-refractivity contribution in [3.05, 3.63) is 0 Å². The van der Waals surface area contributed by atoms with Crippen LogP contribution in [-0.2, 0) is 0 Å². The van der Waals surface area contributed by atoms with E-state index in [-0.39, 0.29) is 0 Å². The summed E-state index contributed by atoms with van der Waals surface area (Å²) in [6.45, 7) is 3.89. The van der Waals surface area contributed by atoms with Crippen LogP contribution < -0.4 is 0 Å². The molecular weight excluding hydrogens is 146 g/mol. The standard InChI is InChI=1S/C11H17N/c1-7-6-9-10(7)12-5-3-8-2-4-11(8,9)12/h7-10H,2-6H2,1H3. The van der Waals surface area contributed by atoms with Gasteiger partial charge in [0.05, 0.1) is 0 Å². The maximum absolute atomic E-state index is 2.88. The second-order valence-electron chi connectivity index (χ2n) is 5.52. The second kappa shape index (κ2) is 1.61. The van der Waals surface area contributed by atoms with Crippen molar-refractivity contribution in [3.8, 4) is 0 Å². The summed E-state index contributed by atoms with van der Waals surface area (Å²) in [5.74, 6) is 3.31. The van der Waals surface area contributed by atoms with Gasteiger partial charge in [-0.3, -0.25) is 4.90 Å². The maximum Gasteiger partial charge on any atom is 0.0284 e. The fraction of sp³-hybridized carbons (Fsp3) is 1.00. The molecule has 2 aliphatic heterocycles. The van der Waals surface area contributed by atoms with Crippen LogP contribution in [0.15, 0.2) is 0 Å². The predicted octanol–water partition coefficient (Wildman–Crippen LogP) is 1.88. The Morgan fingerprint density at radius 2 is 2.25 bits per heavy atom. The molecule has 0 aromatic rings. The normalized spacial score (nSPS) is 66.8. The van der Waals surface area contributed by atoms with Gasteiger partial charge in [0.15, 0.2) is 0 Å². The summed E-state index contributed by atoms with van der Waals surface area (Å²) >= 11 is 0. The molecule has 2 saturated heterocycles. The third kappa shape index (κ3) is 0.396. The average molecular weight is 163 g/mol. The topological polar surface area (TPSA) is 3.24 Å². The van der Waals surface area contributed by atoms with E-state index in [2.05, 4.69) is 11.8 Å². The first-order valence-electron chi connectivity index (χ1n) is 5.61. The lowest BCUT2D eigenvalue weighted by molar-refractivity contribution is -0.247. The molecule has 4 fully saturated rings. The average Bonchev–Trinajstić information content (AvgIpc) is 2.16. The third-order valence-electron chi connectivity index (χ3n) is 5.48. The highest BCUT2D eigenvalue weighted by molar-refractivity contribution is 5.27. The van der Waals surface area contributed by atoms with E-state index in [0.29, 0.717) is 0 Å². The zero-order valence-electron chi connectivity index (χ0n) is 7.79. The number of nitrogens with zero attached hydrogens (tertiary/aromatic N) is 1. The molecule has 1 spiro atoms. The van der Waals surface area contributed by atoms with E-state index in [1.165, 1.54) is 13.0 Å². The lowest BCUT2D eigenvalue weighted by Gasteiger charge is -2.75. The van der Waals surface area contributed by atoms with Gasteiger partial charge in [0.1, 0.15) is 0 Å². The number of hydrogen-bond donors (Lipinski definition) is 0. The van der Waals surface area contributed by atoms with Crippen molar-refractivity contribution in [2.75, 3.05) is 6.54 Å². The highest BCUT2D eigenvalue weighted by Gasteiger charge is 2.74. The monoisotopic (exact) mass is 163 g/mol. The lowest BCUT2D eigenvalue weighted by atomic mass is 9.45. The van der Waals surface area contributed by atoms with Crippen molar-refractivity contribution in [2.24, 2.45) is 17.8 Å². The summed E-state index contributed by atoms with van der Waals surface area (Å²) in [5, 5.41) is 0. The van der Waals surface area contributed by atoms with Crippen molar-refractivity contribution in [2.45, 2.75) is 44.2 Å². The molecular formula is C11H17N. The zero-order valence-corrected chi connectivity index (χ0v) is 7.79. The highest BCUT2D eigenvalue weighted by atomic mass is 15.4. The molecule has 1 nitrogen and oxygen atoms in total. The van der Waals surface area contributed by atoms with E-state index in [1.54, 1.807) is 19.3 Å². The smallest absolute Gasteiger partial charge is 0.0284 e. The van der Waals surface area contributed by atoms with Gasteiger partial charge in [0.25, 0.3) is 0 Å². The molecule has 4 rings (SSSR count). The van der Waals surface area contributed by atoms with Crippen LogP contribution >= 0.6 is 0 Å². The fourth-order valence-electron chi connectivity index (χ4n) is 4.87. The molecule has 66 valence electrons. The van der Waals surface area contributed by atoms with Crippen LogP contribution in [0.25, 0.3) is 0 Å². The molecule has 0 N–H and O–H groups in total. The summed E-state index contributed by atoms with van der Waals surface area (Å²) in [5.41, 5.74) is 0.803. The molecule has 12 heavy (non-hydrogen) atoms. The first kappa shape index (κ1) is 6.42. The van der Waals surface area contributed by atoms with Crippen LogP contribution in [0.5, 0.6) is 0 Å². The Morgan fingerprint density at radius 3 is 2.92 bits per heavy atom. The van der Waals surface area contributed by atoms with Crippen LogP contribution in [0.3, 0.4) is 0 Å². The molecule has 2 heterocycles. The van der Waals surface area contributed by atoms with Crippen LogP contribution in [0.1, 0.15) is 32.6 Å². The zero-order chi connectivity index (χ0) is 7.92. The van der Waals surface area contributed by atoms with E-state index >= 15 is 0 Å². The van der Waals surface area contributed by atoms with Gasteiger partial charge in [0.2, 0.25) is 0 Å². The van der Waals surface area contributed by atoms with Crippen LogP contribution in [0.4, 0.5) is 0 Å². The molecule has 0 radical (unpaired) electrons. The molecule has 2 aliphatic carbocycles. The Hall–Kier alpha value is -0.0400. The largest absolute Gasteiger partial charge is 0.293 e. The Balaban J connectivity index is 1.73. The third-order valence-corrected chi connectivity index (χ3v) is 5.48. The summed E-state index contributed by atoms with van der Waals surface area (Å²) in [7, 11) is 0. The quantitative estimate of drug-likeness (QED) is 0.527. The second-order valence-corrected chi connectivity index (χ2v) is 5.52. The van der Waals surface area contributed by atoms with Crippen molar-refractivity contribution < 1.29 is 0 Å². The molecule has 1 heteroatoms. The van der Waals surface area contributed by atoms with Gasteiger partial charge in [-0.25, -0.2) is 0 Å². The fourth-order valence-corrected chi connectivity index (χ4v) is 4.87. The molecule has 0 aromatic carbocycles. The molecule has 5 unspecified atom stereocenters. The van der Waals surface area contributed by atoms with E-state index in [9.17, 15) is 0 Å². The Bertz CT molecular complexity index is 249. The number of rotatable bonds is 0. The molecule has 5 atom stereocenters. The van der Waals surface area contributed by atoms with Crippen molar-refractivity contribution >= 4 is 0 Å². The van der Waals surface area contributed by atoms with Gasteiger partial charge in [0, 0.05) is 11.6 Å². The SMILES string of the molecule is CC1CC2C1N1CCC3CCC321. The Morgan fingerprint density at radius 1 is 1.33 bits per heavy atom. The molecule has 0 aromatic heterocycles. The van der Waals surface area contributed by atoms with Gasteiger partial charge in [-0.2, -0.15) is 0 Å². The van der Waals surface area contributed by atoms with E-state index < -0.39 is 0 Å². The van der Waals surface area contributed by atoms with Crippen molar-refractivity contribution in [1.82, 2.24) is 4.90 Å². The van der Waals surface area contributed by atoms with Crippen molar-refractivity contribution in [1.29, 1.82) is 0 Å². The van der Waals surface area contributed by atoms with Crippen LogP contribution in [-0.4, -0.2) is 23.0 Å².